The second-order valence-corrected chi connectivity index (χ2v) is 4.11. The van der Waals surface area contributed by atoms with Crippen LogP contribution in [0.1, 0.15) is 11.1 Å². The van der Waals surface area contributed by atoms with E-state index in [9.17, 15) is 0 Å². The highest BCUT2D eigenvalue weighted by atomic mass is 79.9. The van der Waals surface area contributed by atoms with Crippen molar-refractivity contribution in [1.82, 2.24) is 4.98 Å². The second-order valence-electron chi connectivity index (χ2n) is 3.19. The molecule has 0 spiro atoms. The Morgan fingerprint density at radius 1 is 1.00 bits per heavy atom. The van der Waals surface area contributed by atoms with Crippen LogP contribution in [0.5, 0.6) is 0 Å². The molecule has 0 saturated heterocycles. The van der Waals surface area contributed by atoms with Crippen LogP contribution >= 0.6 is 15.9 Å². The van der Waals surface area contributed by atoms with E-state index in [4.69, 9.17) is 5.21 Å². The van der Waals surface area contributed by atoms with Crippen LogP contribution in [0.25, 0.3) is 0 Å². The van der Waals surface area contributed by atoms with Gasteiger partial charge in [0.2, 0.25) is 0 Å². The number of benzene rings is 1. The van der Waals surface area contributed by atoms with E-state index in [1.807, 2.05) is 24.3 Å². The number of nitrogens with zero attached hydrogens (tertiary/aromatic N) is 2. The fourth-order valence-corrected chi connectivity index (χ4v) is 1.66. The maximum absolute atomic E-state index is 9.06. The summed E-state index contributed by atoms with van der Waals surface area (Å²) in [5, 5.41) is 12.4. The lowest BCUT2D eigenvalue weighted by molar-refractivity contribution is 0.319. The third kappa shape index (κ3) is 2.28. The fraction of sp³-hybridized carbons (Fsp3) is 0. The summed E-state index contributed by atoms with van der Waals surface area (Å²) in [6, 6.07) is 11.2. The largest absolute Gasteiger partial charge is 0.410 e. The third-order valence-electron chi connectivity index (χ3n) is 2.17. The van der Waals surface area contributed by atoms with Gasteiger partial charge in [-0.1, -0.05) is 33.2 Å². The van der Waals surface area contributed by atoms with Crippen LogP contribution in [0, 0.1) is 0 Å². The average Bonchev–Trinajstić information content (AvgIpc) is 2.34. The molecule has 1 heterocycles. The molecule has 3 nitrogen and oxygen atoms in total. The molecule has 0 amide bonds. The first-order valence-corrected chi connectivity index (χ1v) is 5.49. The summed E-state index contributed by atoms with van der Waals surface area (Å²) in [5.74, 6) is 0. The first kappa shape index (κ1) is 10.8. The summed E-state index contributed by atoms with van der Waals surface area (Å²) in [6.07, 6.45) is 3.33. The molecule has 0 aliphatic carbocycles. The Morgan fingerprint density at radius 3 is 2.12 bits per heavy atom. The molecule has 0 unspecified atom stereocenters. The number of aromatic nitrogens is 1. The quantitative estimate of drug-likeness (QED) is 0.521. The molecule has 0 fully saturated rings. The summed E-state index contributed by atoms with van der Waals surface area (Å²) in [6.45, 7) is 0. The van der Waals surface area contributed by atoms with Crippen LogP contribution in [0.15, 0.2) is 58.4 Å². The predicted octanol–water partition coefficient (Wildman–Crippen LogP) is 3.07. The molecule has 1 N–H and O–H groups in total. The van der Waals surface area contributed by atoms with Gasteiger partial charge in [0.05, 0.1) is 0 Å². The summed E-state index contributed by atoms with van der Waals surface area (Å²) in [5.41, 5.74) is 2.23. The highest BCUT2D eigenvalue weighted by molar-refractivity contribution is 9.10. The molecule has 4 heteroatoms. The lowest BCUT2D eigenvalue weighted by Crippen LogP contribution is -2.02. The van der Waals surface area contributed by atoms with Gasteiger partial charge in [-0.05, 0) is 24.3 Å². The van der Waals surface area contributed by atoms with Gasteiger partial charge in [0.15, 0.2) is 0 Å². The molecular formula is C12H9BrN2O. The SMILES string of the molecule is O/N=C(\c1ccncc1)c1ccc(Br)cc1. The zero-order valence-corrected chi connectivity index (χ0v) is 9.92. The maximum atomic E-state index is 9.06. The molecule has 0 aliphatic heterocycles. The van der Waals surface area contributed by atoms with Crippen LogP contribution in [0.3, 0.4) is 0 Å². The number of oxime groups is 1. The molecule has 0 bridgehead atoms. The van der Waals surface area contributed by atoms with E-state index in [0.717, 1.165) is 15.6 Å². The maximum Gasteiger partial charge on any atom is 0.117 e. The lowest BCUT2D eigenvalue weighted by atomic mass is 10.0. The third-order valence-corrected chi connectivity index (χ3v) is 2.70. The summed E-state index contributed by atoms with van der Waals surface area (Å²) in [4.78, 5) is 3.93. The normalized spacial score (nSPS) is 11.4. The first-order chi connectivity index (χ1) is 7.81. The van der Waals surface area contributed by atoms with Gasteiger partial charge in [-0.25, -0.2) is 0 Å². The summed E-state index contributed by atoms with van der Waals surface area (Å²) >= 11 is 3.36. The Labute approximate surface area is 102 Å². The molecule has 16 heavy (non-hydrogen) atoms. The molecule has 0 aliphatic rings. The average molecular weight is 277 g/mol. The van der Waals surface area contributed by atoms with Crippen molar-refractivity contribution in [3.8, 4) is 0 Å². The Balaban J connectivity index is 2.42. The van der Waals surface area contributed by atoms with E-state index in [1.165, 1.54) is 0 Å². The summed E-state index contributed by atoms with van der Waals surface area (Å²) < 4.78 is 0.989. The van der Waals surface area contributed by atoms with Crippen LogP contribution in [0.4, 0.5) is 0 Å². The van der Waals surface area contributed by atoms with Crippen molar-refractivity contribution in [3.63, 3.8) is 0 Å². The lowest BCUT2D eigenvalue weighted by Gasteiger charge is -2.04. The highest BCUT2D eigenvalue weighted by Gasteiger charge is 2.06. The molecule has 2 rings (SSSR count). The van der Waals surface area contributed by atoms with Crippen LogP contribution in [-0.4, -0.2) is 15.9 Å². The number of hydrogen-bond acceptors (Lipinski definition) is 3. The number of halogens is 1. The Morgan fingerprint density at radius 2 is 1.56 bits per heavy atom. The topological polar surface area (TPSA) is 45.5 Å². The molecule has 0 radical (unpaired) electrons. The molecule has 0 saturated carbocycles. The van der Waals surface area contributed by atoms with Gasteiger partial charge in [-0.2, -0.15) is 0 Å². The number of hydrogen-bond donors (Lipinski definition) is 1. The Kier molecular flexibility index (Phi) is 3.31. The molecular weight excluding hydrogens is 268 g/mol. The van der Waals surface area contributed by atoms with Gasteiger partial charge in [0.25, 0.3) is 0 Å². The minimum atomic E-state index is 0.537. The van der Waals surface area contributed by atoms with Gasteiger partial charge < -0.3 is 5.21 Å². The molecule has 0 atom stereocenters. The van der Waals surface area contributed by atoms with Crippen molar-refractivity contribution in [2.24, 2.45) is 5.16 Å². The second kappa shape index (κ2) is 4.90. The van der Waals surface area contributed by atoms with E-state index in [-0.39, 0.29) is 0 Å². The number of pyridine rings is 1. The van der Waals surface area contributed by atoms with E-state index in [0.29, 0.717) is 5.71 Å². The fourth-order valence-electron chi connectivity index (χ4n) is 1.40. The van der Waals surface area contributed by atoms with E-state index in [1.54, 1.807) is 24.5 Å². The zero-order chi connectivity index (χ0) is 11.4. The van der Waals surface area contributed by atoms with Crippen molar-refractivity contribution in [3.05, 3.63) is 64.4 Å². The van der Waals surface area contributed by atoms with E-state index < -0.39 is 0 Å². The molecule has 80 valence electrons. The van der Waals surface area contributed by atoms with Gasteiger partial charge in [0, 0.05) is 28.0 Å². The van der Waals surface area contributed by atoms with Crippen molar-refractivity contribution >= 4 is 21.6 Å². The number of rotatable bonds is 2. The van der Waals surface area contributed by atoms with Crippen molar-refractivity contribution in [2.45, 2.75) is 0 Å². The van der Waals surface area contributed by atoms with Crippen molar-refractivity contribution in [2.75, 3.05) is 0 Å². The minimum absolute atomic E-state index is 0.537. The van der Waals surface area contributed by atoms with Gasteiger partial charge in [0.1, 0.15) is 5.71 Å². The monoisotopic (exact) mass is 276 g/mol. The van der Waals surface area contributed by atoms with E-state index in [2.05, 4.69) is 26.1 Å². The zero-order valence-electron chi connectivity index (χ0n) is 8.34. The first-order valence-electron chi connectivity index (χ1n) is 4.69. The van der Waals surface area contributed by atoms with Crippen molar-refractivity contribution < 1.29 is 5.21 Å². The van der Waals surface area contributed by atoms with Gasteiger partial charge >= 0.3 is 0 Å². The van der Waals surface area contributed by atoms with Gasteiger partial charge in [-0.15, -0.1) is 0 Å². The minimum Gasteiger partial charge on any atom is -0.410 e. The van der Waals surface area contributed by atoms with E-state index >= 15 is 0 Å². The van der Waals surface area contributed by atoms with Crippen LogP contribution in [-0.2, 0) is 0 Å². The Hall–Kier alpha value is -1.68. The molecule has 1 aromatic carbocycles. The smallest absolute Gasteiger partial charge is 0.117 e. The van der Waals surface area contributed by atoms with Crippen molar-refractivity contribution in [1.29, 1.82) is 0 Å². The Bertz CT molecular complexity index is 494. The van der Waals surface area contributed by atoms with Gasteiger partial charge in [-0.3, -0.25) is 4.98 Å². The molecule has 2 aromatic rings. The highest BCUT2D eigenvalue weighted by Crippen LogP contribution is 2.14. The predicted molar refractivity (Wildman–Crippen MR) is 65.8 cm³/mol. The van der Waals surface area contributed by atoms with Crippen LogP contribution in [0.2, 0.25) is 0 Å². The van der Waals surface area contributed by atoms with Crippen LogP contribution < -0.4 is 0 Å². The standard InChI is InChI=1S/C12H9BrN2O/c13-11-3-1-9(2-4-11)12(15-16)10-5-7-14-8-6-10/h1-8,16H/b15-12-. The summed E-state index contributed by atoms with van der Waals surface area (Å²) in [7, 11) is 0. The molecule has 1 aromatic heterocycles.